The van der Waals surface area contributed by atoms with Crippen molar-refractivity contribution in [2.24, 2.45) is 0 Å². The highest BCUT2D eigenvalue weighted by Gasteiger charge is 2.14. The van der Waals surface area contributed by atoms with Gasteiger partial charge < -0.3 is 15.5 Å². The SMILES string of the molecule is C=CC(=O)NCc1cc(-n2nc3ccc(Cl)cc3n2)c(O)cc1O. The van der Waals surface area contributed by atoms with Crippen LogP contribution in [0.5, 0.6) is 11.5 Å². The van der Waals surface area contributed by atoms with E-state index in [0.717, 1.165) is 6.08 Å². The summed E-state index contributed by atoms with van der Waals surface area (Å²) in [7, 11) is 0. The Balaban J connectivity index is 2.02. The first-order valence-electron chi connectivity index (χ1n) is 6.96. The van der Waals surface area contributed by atoms with Crippen LogP contribution in [-0.2, 0) is 11.3 Å². The molecule has 0 spiro atoms. The molecule has 1 aromatic heterocycles. The quantitative estimate of drug-likeness (QED) is 0.630. The number of phenols is 2. The molecule has 0 aliphatic rings. The number of hydrogen-bond acceptors (Lipinski definition) is 5. The Hall–Kier alpha value is -3.06. The lowest BCUT2D eigenvalue weighted by molar-refractivity contribution is -0.116. The second kappa shape index (κ2) is 6.21. The molecule has 122 valence electrons. The van der Waals surface area contributed by atoms with Crippen LogP contribution >= 0.6 is 11.6 Å². The number of halogens is 1. The summed E-state index contributed by atoms with van der Waals surface area (Å²) in [5.41, 5.74) is 1.84. The van der Waals surface area contributed by atoms with Crippen LogP contribution < -0.4 is 5.32 Å². The van der Waals surface area contributed by atoms with Gasteiger partial charge in [0, 0.05) is 23.2 Å². The number of hydrogen-bond donors (Lipinski definition) is 3. The van der Waals surface area contributed by atoms with Crippen LogP contribution in [0.25, 0.3) is 16.7 Å². The average Bonchev–Trinajstić information content (AvgIpc) is 2.96. The summed E-state index contributed by atoms with van der Waals surface area (Å²) in [6.07, 6.45) is 1.13. The first-order valence-corrected chi connectivity index (χ1v) is 7.34. The van der Waals surface area contributed by atoms with Gasteiger partial charge >= 0.3 is 0 Å². The van der Waals surface area contributed by atoms with Crippen molar-refractivity contribution in [1.82, 2.24) is 20.3 Å². The molecular weight excluding hydrogens is 332 g/mol. The Kier molecular flexibility index (Phi) is 4.09. The van der Waals surface area contributed by atoms with Gasteiger partial charge in [-0.2, -0.15) is 0 Å². The molecule has 0 aliphatic carbocycles. The number of fused-ring (bicyclic) bond motifs is 1. The molecule has 0 radical (unpaired) electrons. The molecule has 3 rings (SSSR count). The molecule has 0 saturated carbocycles. The molecule has 3 N–H and O–H groups in total. The number of nitrogens with one attached hydrogen (secondary N) is 1. The molecule has 0 unspecified atom stereocenters. The van der Waals surface area contributed by atoms with E-state index in [4.69, 9.17) is 11.6 Å². The van der Waals surface area contributed by atoms with Gasteiger partial charge in [-0.3, -0.25) is 4.79 Å². The monoisotopic (exact) mass is 344 g/mol. The van der Waals surface area contributed by atoms with Crippen molar-refractivity contribution in [2.75, 3.05) is 0 Å². The van der Waals surface area contributed by atoms with Crippen molar-refractivity contribution in [2.45, 2.75) is 6.54 Å². The van der Waals surface area contributed by atoms with E-state index >= 15 is 0 Å². The summed E-state index contributed by atoms with van der Waals surface area (Å²) in [5, 5.41) is 31.6. The van der Waals surface area contributed by atoms with Crippen LogP contribution in [0.1, 0.15) is 5.56 Å². The third-order valence-corrected chi connectivity index (χ3v) is 3.61. The number of amides is 1. The molecule has 0 atom stereocenters. The van der Waals surface area contributed by atoms with Crippen molar-refractivity contribution in [3.8, 4) is 17.2 Å². The second-order valence-electron chi connectivity index (χ2n) is 5.01. The molecule has 7 nitrogen and oxygen atoms in total. The summed E-state index contributed by atoms with van der Waals surface area (Å²) >= 11 is 5.93. The van der Waals surface area contributed by atoms with Crippen molar-refractivity contribution in [3.63, 3.8) is 0 Å². The number of rotatable bonds is 4. The Labute approximate surface area is 141 Å². The Morgan fingerprint density at radius 3 is 2.71 bits per heavy atom. The molecule has 1 amide bonds. The number of nitrogens with zero attached hydrogens (tertiary/aromatic N) is 3. The third kappa shape index (κ3) is 3.02. The zero-order valence-corrected chi connectivity index (χ0v) is 13.2. The Morgan fingerprint density at radius 1 is 1.21 bits per heavy atom. The lowest BCUT2D eigenvalue weighted by Gasteiger charge is -2.09. The standard InChI is InChI=1S/C16H13ClN4O3/c1-2-16(24)18-8-9-5-13(15(23)7-14(9)22)21-19-11-4-3-10(17)6-12(11)20-21/h2-7,22-23H,1,8H2,(H,18,24). The van der Waals surface area contributed by atoms with Gasteiger partial charge in [-0.15, -0.1) is 15.0 Å². The molecule has 0 saturated heterocycles. The van der Waals surface area contributed by atoms with Gasteiger partial charge in [0.15, 0.2) is 0 Å². The van der Waals surface area contributed by atoms with Crippen LogP contribution in [0.2, 0.25) is 5.02 Å². The molecule has 8 heteroatoms. The number of benzene rings is 2. The van der Waals surface area contributed by atoms with Crippen molar-refractivity contribution in [1.29, 1.82) is 0 Å². The summed E-state index contributed by atoms with van der Waals surface area (Å²) in [6.45, 7) is 3.42. The minimum absolute atomic E-state index is 0.0661. The van der Waals surface area contributed by atoms with Crippen LogP contribution in [0, 0.1) is 0 Å². The Morgan fingerprint density at radius 2 is 1.96 bits per heavy atom. The van der Waals surface area contributed by atoms with E-state index in [1.165, 1.54) is 16.9 Å². The maximum atomic E-state index is 11.3. The van der Waals surface area contributed by atoms with E-state index in [1.807, 2.05) is 0 Å². The van der Waals surface area contributed by atoms with Gasteiger partial charge in [0.05, 0.1) is 0 Å². The summed E-state index contributed by atoms with van der Waals surface area (Å²) in [4.78, 5) is 12.5. The molecule has 0 fully saturated rings. The number of aromatic nitrogens is 3. The highest BCUT2D eigenvalue weighted by atomic mass is 35.5. The second-order valence-corrected chi connectivity index (χ2v) is 5.45. The predicted octanol–water partition coefficient (Wildman–Crippen LogP) is 2.29. The minimum Gasteiger partial charge on any atom is -0.507 e. The topological polar surface area (TPSA) is 100 Å². The van der Waals surface area contributed by atoms with Gasteiger partial charge in [0.1, 0.15) is 28.2 Å². The molecule has 3 aromatic rings. The normalized spacial score (nSPS) is 10.7. The van der Waals surface area contributed by atoms with Gasteiger partial charge in [-0.25, -0.2) is 0 Å². The van der Waals surface area contributed by atoms with E-state index in [0.29, 0.717) is 21.6 Å². The third-order valence-electron chi connectivity index (χ3n) is 3.37. The fourth-order valence-corrected chi connectivity index (χ4v) is 2.33. The molecule has 24 heavy (non-hydrogen) atoms. The minimum atomic E-state index is -0.374. The largest absolute Gasteiger partial charge is 0.507 e. The van der Waals surface area contributed by atoms with E-state index in [9.17, 15) is 15.0 Å². The number of phenolic OH excluding ortho intramolecular Hbond substituents is 2. The van der Waals surface area contributed by atoms with Gasteiger partial charge in [0.25, 0.3) is 0 Å². The lowest BCUT2D eigenvalue weighted by atomic mass is 10.1. The van der Waals surface area contributed by atoms with E-state index < -0.39 is 0 Å². The van der Waals surface area contributed by atoms with Crippen molar-refractivity contribution < 1.29 is 15.0 Å². The zero-order valence-electron chi connectivity index (χ0n) is 12.4. The van der Waals surface area contributed by atoms with E-state index in [1.54, 1.807) is 18.2 Å². The van der Waals surface area contributed by atoms with Crippen LogP contribution in [0.3, 0.4) is 0 Å². The zero-order chi connectivity index (χ0) is 17.3. The molecule has 0 bridgehead atoms. The average molecular weight is 345 g/mol. The van der Waals surface area contributed by atoms with E-state index in [2.05, 4.69) is 22.1 Å². The number of carbonyl (C=O) groups is 1. The molecular formula is C16H13ClN4O3. The fraction of sp³-hybridized carbons (Fsp3) is 0.0625. The smallest absolute Gasteiger partial charge is 0.243 e. The Bertz CT molecular complexity index is 952. The fourth-order valence-electron chi connectivity index (χ4n) is 2.16. The summed E-state index contributed by atoms with van der Waals surface area (Å²) < 4.78 is 0. The maximum Gasteiger partial charge on any atom is 0.243 e. The molecule has 1 heterocycles. The van der Waals surface area contributed by atoms with Gasteiger partial charge in [0.2, 0.25) is 5.91 Å². The van der Waals surface area contributed by atoms with Gasteiger partial charge in [-0.1, -0.05) is 18.2 Å². The summed E-state index contributed by atoms with van der Waals surface area (Å²) in [5.74, 6) is -0.723. The lowest BCUT2D eigenvalue weighted by Crippen LogP contribution is -2.20. The predicted molar refractivity (Wildman–Crippen MR) is 89.2 cm³/mol. The first-order chi connectivity index (χ1) is 11.5. The van der Waals surface area contributed by atoms with Crippen LogP contribution in [0.4, 0.5) is 0 Å². The molecule has 2 aromatic carbocycles. The van der Waals surface area contributed by atoms with E-state index in [-0.39, 0.29) is 29.6 Å². The summed E-state index contributed by atoms with van der Waals surface area (Å²) in [6, 6.07) is 7.73. The van der Waals surface area contributed by atoms with Crippen LogP contribution in [0.15, 0.2) is 43.0 Å². The van der Waals surface area contributed by atoms with Crippen molar-refractivity contribution in [3.05, 3.63) is 53.6 Å². The number of carbonyl (C=O) groups excluding carboxylic acids is 1. The highest BCUT2D eigenvalue weighted by Crippen LogP contribution is 2.30. The first kappa shape index (κ1) is 15.8. The number of aromatic hydroxyl groups is 2. The van der Waals surface area contributed by atoms with Crippen molar-refractivity contribution >= 4 is 28.5 Å². The van der Waals surface area contributed by atoms with Gasteiger partial charge in [-0.05, 0) is 30.3 Å². The van der Waals surface area contributed by atoms with Crippen LogP contribution in [-0.4, -0.2) is 31.1 Å². The molecule has 0 aliphatic heterocycles. The highest BCUT2D eigenvalue weighted by molar-refractivity contribution is 6.31. The maximum absolute atomic E-state index is 11.3.